The number of carboxylic acids is 2. The molecule has 1 rings (SSSR count). The van der Waals surface area contributed by atoms with Crippen LogP contribution in [0.5, 0.6) is 0 Å². The van der Waals surface area contributed by atoms with Crippen LogP contribution in [0.25, 0.3) is 0 Å². The Hall–Kier alpha value is -1.14. The Labute approximate surface area is 144 Å². The van der Waals surface area contributed by atoms with Crippen molar-refractivity contribution in [3.63, 3.8) is 0 Å². The molecular weight excluding hydrogens is 312 g/mol. The molecule has 0 spiro atoms. The molecule has 6 nitrogen and oxygen atoms in total. The van der Waals surface area contributed by atoms with Crippen molar-refractivity contribution >= 4 is 11.9 Å². The van der Waals surface area contributed by atoms with Crippen LogP contribution in [0.15, 0.2) is 0 Å². The van der Waals surface area contributed by atoms with Crippen LogP contribution >= 0.6 is 0 Å². The predicted octanol–water partition coefficient (Wildman–Crippen LogP) is 3.07. The number of aliphatic hydroxyl groups is 1. The SMILES string of the molecule is CCCCCCCCCCO[C@@H]1C[C@H](C(=O)O)[C@H](C(=O)O)C[C@H]1O. The van der Waals surface area contributed by atoms with Gasteiger partial charge in [0.15, 0.2) is 0 Å². The Morgan fingerprint density at radius 3 is 1.92 bits per heavy atom. The van der Waals surface area contributed by atoms with Crippen molar-refractivity contribution in [2.24, 2.45) is 11.8 Å². The van der Waals surface area contributed by atoms with Gasteiger partial charge in [-0.25, -0.2) is 0 Å². The van der Waals surface area contributed by atoms with Crippen LogP contribution in [0.4, 0.5) is 0 Å². The molecule has 24 heavy (non-hydrogen) atoms. The molecule has 0 aliphatic heterocycles. The van der Waals surface area contributed by atoms with Crippen LogP contribution in [0.1, 0.15) is 71.1 Å². The van der Waals surface area contributed by atoms with Gasteiger partial charge in [0.05, 0.1) is 24.0 Å². The first-order valence-corrected chi connectivity index (χ1v) is 9.22. The van der Waals surface area contributed by atoms with E-state index < -0.39 is 36.0 Å². The molecule has 0 aromatic carbocycles. The molecule has 0 radical (unpaired) electrons. The lowest BCUT2D eigenvalue weighted by Gasteiger charge is -2.35. The Bertz CT molecular complexity index is 384. The Morgan fingerprint density at radius 2 is 1.38 bits per heavy atom. The second-order valence-corrected chi connectivity index (χ2v) is 6.81. The zero-order valence-electron chi connectivity index (χ0n) is 14.7. The number of rotatable bonds is 12. The highest BCUT2D eigenvalue weighted by Crippen LogP contribution is 2.32. The second kappa shape index (κ2) is 11.4. The molecule has 0 amide bonds. The third kappa shape index (κ3) is 7.18. The second-order valence-electron chi connectivity index (χ2n) is 6.81. The van der Waals surface area contributed by atoms with Crippen LogP contribution in [0.3, 0.4) is 0 Å². The lowest BCUT2D eigenvalue weighted by molar-refractivity contribution is -0.165. The van der Waals surface area contributed by atoms with Crippen LogP contribution in [0, 0.1) is 11.8 Å². The average molecular weight is 344 g/mol. The van der Waals surface area contributed by atoms with Crippen LogP contribution in [0.2, 0.25) is 0 Å². The summed E-state index contributed by atoms with van der Waals surface area (Å²) >= 11 is 0. The van der Waals surface area contributed by atoms with E-state index in [1.54, 1.807) is 0 Å². The van der Waals surface area contributed by atoms with Crippen molar-refractivity contribution in [2.45, 2.75) is 83.3 Å². The molecule has 1 saturated carbocycles. The molecule has 0 aromatic heterocycles. The number of hydrogen-bond acceptors (Lipinski definition) is 4. The number of ether oxygens (including phenoxy) is 1. The number of carboxylic acid groups (broad SMARTS) is 2. The summed E-state index contributed by atoms with van der Waals surface area (Å²) in [5, 5.41) is 28.3. The summed E-state index contributed by atoms with van der Waals surface area (Å²) < 4.78 is 5.64. The number of unbranched alkanes of at least 4 members (excludes halogenated alkanes) is 7. The third-order valence-corrected chi connectivity index (χ3v) is 4.86. The summed E-state index contributed by atoms with van der Waals surface area (Å²) in [6.45, 7) is 2.69. The van der Waals surface area contributed by atoms with Gasteiger partial charge in [0.25, 0.3) is 0 Å². The van der Waals surface area contributed by atoms with E-state index in [1.807, 2.05) is 0 Å². The molecule has 3 N–H and O–H groups in total. The van der Waals surface area contributed by atoms with E-state index in [-0.39, 0.29) is 12.8 Å². The van der Waals surface area contributed by atoms with Crippen LogP contribution in [-0.4, -0.2) is 46.1 Å². The van der Waals surface area contributed by atoms with Crippen molar-refractivity contribution in [1.82, 2.24) is 0 Å². The van der Waals surface area contributed by atoms with Crippen molar-refractivity contribution in [1.29, 1.82) is 0 Å². The maximum Gasteiger partial charge on any atom is 0.307 e. The number of aliphatic carboxylic acids is 2. The zero-order chi connectivity index (χ0) is 17.9. The standard InChI is InChI=1S/C18H32O6/c1-2-3-4-5-6-7-8-9-10-24-16-12-14(18(22)23)13(17(20)21)11-15(16)19/h13-16,19H,2-12H2,1H3,(H,20,21)(H,22,23)/t13-,14+,15-,16-/m1/s1. The van der Waals surface area contributed by atoms with Gasteiger partial charge in [0.2, 0.25) is 0 Å². The minimum absolute atomic E-state index is 0.0600. The van der Waals surface area contributed by atoms with Crippen LogP contribution in [-0.2, 0) is 14.3 Å². The fraction of sp³-hybridized carbons (Fsp3) is 0.889. The quantitative estimate of drug-likeness (QED) is 0.470. The summed E-state index contributed by atoms with van der Waals surface area (Å²) in [4.78, 5) is 22.4. The fourth-order valence-corrected chi connectivity index (χ4v) is 3.34. The van der Waals surface area contributed by atoms with E-state index >= 15 is 0 Å². The largest absolute Gasteiger partial charge is 0.481 e. The van der Waals surface area contributed by atoms with E-state index in [9.17, 15) is 19.8 Å². The van der Waals surface area contributed by atoms with Gasteiger partial charge in [-0.2, -0.15) is 0 Å². The molecule has 0 unspecified atom stereocenters. The zero-order valence-corrected chi connectivity index (χ0v) is 14.7. The van der Waals surface area contributed by atoms with Gasteiger partial charge >= 0.3 is 11.9 Å². The Balaban J connectivity index is 2.23. The van der Waals surface area contributed by atoms with Crippen molar-refractivity contribution < 1.29 is 29.6 Å². The molecule has 1 aliphatic rings. The van der Waals surface area contributed by atoms with Gasteiger partial charge in [-0.1, -0.05) is 51.9 Å². The van der Waals surface area contributed by atoms with Gasteiger partial charge in [-0.05, 0) is 19.3 Å². The molecule has 0 saturated heterocycles. The smallest absolute Gasteiger partial charge is 0.307 e. The van der Waals surface area contributed by atoms with Crippen molar-refractivity contribution in [2.75, 3.05) is 6.61 Å². The summed E-state index contributed by atoms with van der Waals surface area (Å²) in [6.07, 6.45) is 7.97. The lowest BCUT2D eigenvalue weighted by Crippen LogP contribution is -2.46. The third-order valence-electron chi connectivity index (χ3n) is 4.86. The fourth-order valence-electron chi connectivity index (χ4n) is 3.34. The van der Waals surface area contributed by atoms with Crippen molar-refractivity contribution in [3.05, 3.63) is 0 Å². The number of aliphatic hydroxyl groups excluding tert-OH is 1. The first kappa shape index (κ1) is 20.9. The molecular formula is C18H32O6. The average Bonchev–Trinajstić information content (AvgIpc) is 2.53. The summed E-state index contributed by atoms with van der Waals surface area (Å²) in [6, 6.07) is 0. The van der Waals surface area contributed by atoms with Gasteiger partial charge in [-0.15, -0.1) is 0 Å². The maximum atomic E-state index is 11.2. The number of carbonyl (C=O) groups is 2. The lowest BCUT2D eigenvalue weighted by atomic mass is 9.76. The van der Waals surface area contributed by atoms with E-state index in [4.69, 9.17) is 9.84 Å². The highest BCUT2D eigenvalue weighted by Gasteiger charge is 2.44. The molecule has 0 bridgehead atoms. The topological polar surface area (TPSA) is 104 Å². The highest BCUT2D eigenvalue weighted by atomic mass is 16.5. The molecule has 6 heteroatoms. The Morgan fingerprint density at radius 1 is 0.875 bits per heavy atom. The molecule has 1 fully saturated rings. The highest BCUT2D eigenvalue weighted by molar-refractivity contribution is 5.80. The molecule has 140 valence electrons. The van der Waals surface area contributed by atoms with Crippen molar-refractivity contribution in [3.8, 4) is 0 Å². The van der Waals surface area contributed by atoms with Gasteiger partial charge in [0, 0.05) is 6.61 Å². The minimum atomic E-state index is -1.16. The molecule has 1 aliphatic carbocycles. The minimum Gasteiger partial charge on any atom is -0.481 e. The van der Waals surface area contributed by atoms with Gasteiger partial charge < -0.3 is 20.1 Å². The molecule has 0 aromatic rings. The van der Waals surface area contributed by atoms with E-state index in [0.29, 0.717) is 6.61 Å². The van der Waals surface area contributed by atoms with Gasteiger partial charge in [-0.3, -0.25) is 9.59 Å². The predicted molar refractivity (Wildman–Crippen MR) is 89.8 cm³/mol. The first-order chi connectivity index (χ1) is 11.5. The number of hydrogen-bond donors (Lipinski definition) is 3. The van der Waals surface area contributed by atoms with Crippen LogP contribution < -0.4 is 0 Å². The van der Waals surface area contributed by atoms with E-state index in [2.05, 4.69) is 6.92 Å². The van der Waals surface area contributed by atoms with Gasteiger partial charge in [0.1, 0.15) is 0 Å². The summed E-state index contributed by atoms with van der Waals surface area (Å²) in [5.41, 5.74) is 0. The molecule has 4 atom stereocenters. The van der Waals surface area contributed by atoms with E-state index in [0.717, 1.165) is 12.8 Å². The monoisotopic (exact) mass is 344 g/mol. The van der Waals surface area contributed by atoms with E-state index in [1.165, 1.54) is 38.5 Å². The summed E-state index contributed by atoms with van der Waals surface area (Å²) in [7, 11) is 0. The normalized spacial score (nSPS) is 27.1. The Kier molecular flexibility index (Phi) is 9.95. The first-order valence-electron chi connectivity index (χ1n) is 9.22. The maximum absolute atomic E-state index is 11.2. The molecule has 0 heterocycles. The summed E-state index contributed by atoms with van der Waals surface area (Å²) in [5.74, 6) is -4.33.